The van der Waals surface area contributed by atoms with Crippen LogP contribution in [-0.4, -0.2) is 21.1 Å². The van der Waals surface area contributed by atoms with E-state index in [4.69, 9.17) is 23.2 Å². The lowest BCUT2D eigenvalue weighted by atomic mass is 10.0. The first-order chi connectivity index (χ1) is 12.0. The second-order valence-electron chi connectivity index (χ2n) is 5.69. The van der Waals surface area contributed by atoms with E-state index in [2.05, 4.69) is 9.97 Å². The van der Waals surface area contributed by atoms with Crippen LogP contribution in [0.25, 0.3) is 11.0 Å². The highest BCUT2D eigenvalue weighted by molar-refractivity contribution is 6.63. The summed E-state index contributed by atoms with van der Waals surface area (Å²) in [6.45, 7) is 0. The van der Waals surface area contributed by atoms with E-state index in [1.54, 1.807) is 24.3 Å². The lowest BCUT2D eigenvalue weighted by Gasteiger charge is -2.23. The van der Waals surface area contributed by atoms with Gasteiger partial charge in [0.25, 0.3) is 5.91 Å². The van der Waals surface area contributed by atoms with Crippen molar-refractivity contribution < 1.29 is 9.59 Å². The molecular weight excluding hydrogens is 361 g/mol. The molecule has 0 N–H and O–H groups in total. The quantitative estimate of drug-likeness (QED) is 0.512. The Morgan fingerprint density at radius 3 is 2.64 bits per heavy atom. The van der Waals surface area contributed by atoms with Crippen molar-refractivity contribution in [1.82, 2.24) is 9.97 Å². The van der Waals surface area contributed by atoms with Gasteiger partial charge in [-0.1, -0.05) is 29.8 Å². The maximum Gasteiger partial charge on any atom is 0.260 e. The molecule has 0 aliphatic carbocycles. The molecule has 0 bridgehead atoms. The van der Waals surface area contributed by atoms with Crippen LogP contribution in [0.1, 0.15) is 28.4 Å². The van der Waals surface area contributed by atoms with E-state index in [1.165, 1.54) is 4.90 Å². The molecule has 4 rings (SSSR count). The molecule has 3 aromatic rings. The predicted molar refractivity (Wildman–Crippen MR) is 96.0 cm³/mol. The van der Waals surface area contributed by atoms with Gasteiger partial charge in [0.1, 0.15) is 11.0 Å². The molecule has 0 saturated heterocycles. The summed E-state index contributed by atoms with van der Waals surface area (Å²) in [7, 11) is 0. The van der Waals surface area contributed by atoms with E-state index < -0.39 is 11.3 Å². The van der Waals surface area contributed by atoms with Crippen molar-refractivity contribution in [2.24, 2.45) is 0 Å². The Morgan fingerprint density at radius 1 is 1.08 bits per heavy atom. The van der Waals surface area contributed by atoms with Crippen molar-refractivity contribution in [2.75, 3.05) is 4.90 Å². The lowest BCUT2D eigenvalue weighted by Crippen LogP contribution is -2.29. The van der Waals surface area contributed by atoms with Gasteiger partial charge in [0.2, 0.25) is 5.24 Å². The molecule has 1 aromatic carbocycles. The van der Waals surface area contributed by atoms with Gasteiger partial charge in [-0.15, -0.1) is 0 Å². The summed E-state index contributed by atoms with van der Waals surface area (Å²) in [6, 6.07) is 13.7. The van der Waals surface area contributed by atoms with E-state index in [-0.39, 0.29) is 12.3 Å². The van der Waals surface area contributed by atoms with Gasteiger partial charge in [-0.05, 0) is 47.5 Å². The predicted octanol–water partition coefficient (Wildman–Crippen LogP) is 4.14. The highest BCUT2D eigenvalue weighted by Crippen LogP contribution is 2.39. The molecule has 2 aromatic heterocycles. The van der Waals surface area contributed by atoms with Gasteiger partial charge >= 0.3 is 0 Å². The van der Waals surface area contributed by atoms with Crippen LogP contribution in [0.3, 0.4) is 0 Å². The average Bonchev–Trinajstić information content (AvgIpc) is 2.86. The second-order valence-corrected chi connectivity index (χ2v) is 6.50. The van der Waals surface area contributed by atoms with Crippen molar-refractivity contribution in [3.8, 4) is 0 Å². The van der Waals surface area contributed by atoms with Crippen LogP contribution in [0.5, 0.6) is 0 Å². The summed E-state index contributed by atoms with van der Waals surface area (Å²) in [4.78, 5) is 34.6. The molecule has 0 fully saturated rings. The Morgan fingerprint density at radius 2 is 1.84 bits per heavy atom. The average molecular weight is 372 g/mol. The number of nitrogens with zero attached hydrogens (tertiary/aromatic N) is 3. The van der Waals surface area contributed by atoms with Crippen LogP contribution in [-0.2, 0) is 4.79 Å². The Kier molecular flexibility index (Phi) is 3.90. The topological polar surface area (TPSA) is 63.2 Å². The molecule has 1 aliphatic rings. The molecule has 1 aliphatic heterocycles. The Hall–Kier alpha value is -2.50. The first kappa shape index (κ1) is 16.0. The SMILES string of the molecule is O=C(Cl)CC1c2ccccc2C(=O)N1c1ccc2ccc(Cl)nc2n1. The third-order valence-corrected chi connectivity index (χ3v) is 4.55. The van der Waals surface area contributed by atoms with Gasteiger partial charge in [0.15, 0.2) is 5.65 Å². The minimum atomic E-state index is -0.513. The first-order valence-corrected chi connectivity index (χ1v) is 8.34. The molecule has 1 unspecified atom stereocenters. The lowest BCUT2D eigenvalue weighted by molar-refractivity contribution is -0.112. The van der Waals surface area contributed by atoms with Gasteiger partial charge in [-0.25, -0.2) is 9.97 Å². The molecule has 0 spiro atoms. The van der Waals surface area contributed by atoms with Crippen molar-refractivity contribution in [3.05, 3.63) is 64.8 Å². The number of hydrogen-bond acceptors (Lipinski definition) is 4. The smallest absolute Gasteiger partial charge is 0.260 e. The van der Waals surface area contributed by atoms with Crippen LogP contribution in [0.2, 0.25) is 5.15 Å². The van der Waals surface area contributed by atoms with Crippen LogP contribution in [0.15, 0.2) is 48.5 Å². The molecule has 0 saturated carbocycles. The zero-order valence-electron chi connectivity index (χ0n) is 12.8. The summed E-state index contributed by atoms with van der Waals surface area (Å²) < 4.78 is 0. The summed E-state index contributed by atoms with van der Waals surface area (Å²) >= 11 is 11.5. The van der Waals surface area contributed by atoms with Crippen molar-refractivity contribution in [3.63, 3.8) is 0 Å². The van der Waals surface area contributed by atoms with Gasteiger partial charge in [-0.3, -0.25) is 14.5 Å². The molecule has 25 heavy (non-hydrogen) atoms. The highest BCUT2D eigenvalue weighted by Gasteiger charge is 2.39. The number of fused-ring (bicyclic) bond motifs is 2. The Balaban J connectivity index is 1.85. The number of amides is 1. The van der Waals surface area contributed by atoms with Crippen molar-refractivity contribution in [1.29, 1.82) is 0 Å². The van der Waals surface area contributed by atoms with Gasteiger partial charge in [0, 0.05) is 17.4 Å². The minimum absolute atomic E-state index is 0.00694. The number of carbonyl (C=O) groups excluding carboxylic acids is 2. The molecule has 0 radical (unpaired) electrons. The van der Waals surface area contributed by atoms with E-state index in [0.29, 0.717) is 22.2 Å². The van der Waals surface area contributed by atoms with Crippen LogP contribution < -0.4 is 4.90 Å². The maximum atomic E-state index is 12.9. The number of rotatable bonds is 3. The molecule has 1 atom stereocenters. The number of aromatic nitrogens is 2. The monoisotopic (exact) mass is 371 g/mol. The standard InChI is InChI=1S/C18H11Cl2N3O2/c19-14-7-5-10-6-8-16(22-17(10)21-14)23-13(9-15(20)24)11-3-1-2-4-12(11)18(23)25/h1-8,13H,9H2. The fourth-order valence-corrected chi connectivity index (χ4v) is 3.40. The molecular formula is C18H11Cl2N3O2. The fraction of sp³-hybridized carbons (Fsp3) is 0.111. The largest absolute Gasteiger partial charge is 0.284 e. The van der Waals surface area contributed by atoms with Crippen LogP contribution in [0.4, 0.5) is 5.82 Å². The summed E-state index contributed by atoms with van der Waals surface area (Å²) in [5, 5.41) is 0.615. The van der Waals surface area contributed by atoms with Crippen LogP contribution in [0, 0.1) is 0 Å². The molecule has 7 heteroatoms. The second kappa shape index (κ2) is 6.10. The highest BCUT2D eigenvalue weighted by atomic mass is 35.5. The summed E-state index contributed by atoms with van der Waals surface area (Å²) in [5.41, 5.74) is 1.75. The van der Waals surface area contributed by atoms with Gasteiger partial charge in [-0.2, -0.15) is 0 Å². The zero-order chi connectivity index (χ0) is 17.6. The maximum absolute atomic E-state index is 12.9. The molecule has 3 heterocycles. The van der Waals surface area contributed by atoms with Crippen molar-refractivity contribution >= 4 is 51.2 Å². The summed E-state index contributed by atoms with van der Waals surface area (Å²) in [5.74, 6) is 0.193. The van der Waals surface area contributed by atoms with Gasteiger partial charge in [0.05, 0.1) is 6.04 Å². The number of anilines is 1. The summed E-state index contributed by atoms with van der Waals surface area (Å²) in [6.07, 6.45) is 0.00694. The first-order valence-electron chi connectivity index (χ1n) is 7.59. The Labute approximate surface area is 153 Å². The third-order valence-electron chi connectivity index (χ3n) is 4.19. The van der Waals surface area contributed by atoms with E-state index >= 15 is 0 Å². The van der Waals surface area contributed by atoms with Gasteiger partial charge < -0.3 is 0 Å². The van der Waals surface area contributed by atoms with E-state index in [0.717, 1.165) is 10.9 Å². The van der Waals surface area contributed by atoms with Crippen LogP contribution >= 0.6 is 23.2 Å². The Bertz CT molecular complexity index is 1020. The number of benzene rings is 1. The molecule has 124 valence electrons. The number of pyridine rings is 2. The number of hydrogen-bond donors (Lipinski definition) is 0. The van der Waals surface area contributed by atoms with E-state index in [1.807, 2.05) is 24.3 Å². The normalized spacial score (nSPS) is 16.3. The number of halogens is 2. The van der Waals surface area contributed by atoms with Crippen molar-refractivity contribution in [2.45, 2.75) is 12.5 Å². The van der Waals surface area contributed by atoms with E-state index in [9.17, 15) is 9.59 Å². The number of carbonyl (C=O) groups is 2. The third kappa shape index (κ3) is 2.75. The minimum Gasteiger partial charge on any atom is -0.284 e. The molecule has 1 amide bonds. The zero-order valence-corrected chi connectivity index (χ0v) is 14.3. The fourth-order valence-electron chi connectivity index (χ4n) is 3.11. The molecule has 5 nitrogen and oxygen atoms in total.